The summed E-state index contributed by atoms with van der Waals surface area (Å²) in [6.45, 7) is 4.67. The van der Waals surface area contributed by atoms with E-state index in [1.54, 1.807) is 54.6 Å². The average molecular weight is 1240 g/mol. The Morgan fingerprint density at radius 2 is 0.840 bits per heavy atom. The van der Waals surface area contributed by atoms with E-state index in [-0.39, 0.29) is 17.7 Å². The number of hydrogen-bond donors (Lipinski definition) is 3. The molecule has 0 aromatic heterocycles. The fourth-order valence-corrected chi connectivity index (χ4v) is 14.3. The van der Waals surface area contributed by atoms with Crippen LogP contribution < -0.4 is 16.0 Å². The highest BCUT2D eigenvalue weighted by Gasteiger charge is 2.47. The van der Waals surface area contributed by atoms with Crippen LogP contribution in [0.2, 0.25) is 30.1 Å². The molecule has 4 unspecified atom stereocenters. The van der Waals surface area contributed by atoms with Gasteiger partial charge >= 0.3 is 0 Å². The molecule has 3 amide bonds. The number of benzene rings is 6. The number of thioether (sulfide) groups is 1. The van der Waals surface area contributed by atoms with Crippen molar-refractivity contribution in [3.05, 3.63) is 191 Å². The Kier molecular flexibility index (Phi) is 21.7. The molecule has 81 heavy (non-hydrogen) atoms. The second-order valence-corrected chi connectivity index (χ2v) is 27.3. The van der Waals surface area contributed by atoms with Crippen LogP contribution in [0.15, 0.2) is 127 Å². The summed E-state index contributed by atoms with van der Waals surface area (Å²) in [5, 5.41) is 11.2. The summed E-state index contributed by atoms with van der Waals surface area (Å²) >= 11 is 37.7. The van der Waals surface area contributed by atoms with Crippen molar-refractivity contribution in [2.75, 3.05) is 83.0 Å². The molecule has 4 aliphatic rings. The van der Waals surface area contributed by atoms with Gasteiger partial charge in [-0.1, -0.05) is 106 Å². The van der Waals surface area contributed by atoms with Gasteiger partial charge < -0.3 is 34.1 Å². The summed E-state index contributed by atoms with van der Waals surface area (Å²) in [6, 6.07) is 41.0. The van der Waals surface area contributed by atoms with Gasteiger partial charge in [0.15, 0.2) is 0 Å². The Labute approximate surface area is 513 Å². The number of anilines is 3. The van der Waals surface area contributed by atoms with Gasteiger partial charge in [-0.25, -0.2) is 0 Å². The van der Waals surface area contributed by atoms with E-state index in [1.165, 1.54) is 60.3 Å². The molecular formula is C64H75Cl6N6O4S+3. The van der Waals surface area contributed by atoms with E-state index in [9.17, 15) is 14.4 Å². The topological polar surface area (TPSA) is 96.5 Å². The van der Waals surface area contributed by atoms with Crippen LogP contribution in [0, 0.1) is 11.8 Å². The SMILES string of the molecule is C[N+](C)(Cc1ccc(NC(=O)c2ccc(Cl)c(Cl)c2)cc1)C1CC2CCC1C2.C[N+](C)(Cc1ccc(NC(=O)c2ccc(Cl)c(Cl)c2)cc1)C1CCOCC1.C[N+](C)(Cc1ccc(NC(=O)c2ccc(Cl)c(Cl)c2)cc1)C1CCSC1. The number of carbonyl (C=O) groups excluding carboxylic acids is 3. The third-order valence-corrected chi connectivity index (χ3v) is 20.0. The molecule has 10 rings (SSSR count). The number of quaternary nitrogens is 3. The monoisotopic (exact) mass is 1230 g/mol. The summed E-state index contributed by atoms with van der Waals surface area (Å²) < 4.78 is 8.48. The minimum atomic E-state index is -0.209. The maximum Gasteiger partial charge on any atom is 0.255 e. The maximum absolute atomic E-state index is 12.4. The summed E-state index contributed by atoms with van der Waals surface area (Å²) in [4.78, 5) is 37.1. The van der Waals surface area contributed by atoms with E-state index in [1.807, 2.05) is 48.2 Å². The summed E-state index contributed by atoms with van der Waals surface area (Å²) in [6.07, 6.45) is 9.16. The first kappa shape index (κ1) is 62.7. The normalized spacial score (nSPS) is 19.0. The van der Waals surface area contributed by atoms with Crippen LogP contribution in [0.25, 0.3) is 0 Å². The maximum atomic E-state index is 12.4. The van der Waals surface area contributed by atoms with Crippen molar-refractivity contribution in [2.45, 2.75) is 82.7 Å². The molecule has 430 valence electrons. The van der Waals surface area contributed by atoms with E-state index < -0.39 is 0 Å². The molecule has 2 aliphatic heterocycles. The van der Waals surface area contributed by atoms with E-state index in [2.05, 4.69) is 94.6 Å². The van der Waals surface area contributed by atoms with E-state index in [0.717, 1.165) is 94.1 Å². The van der Waals surface area contributed by atoms with Gasteiger partial charge in [0.1, 0.15) is 19.6 Å². The smallest absolute Gasteiger partial charge is 0.255 e. The van der Waals surface area contributed by atoms with Crippen molar-refractivity contribution in [2.24, 2.45) is 11.8 Å². The van der Waals surface area contributed by atoms with Crippen LogP contribution in [-0.2, 0) is 24.4 Å². The summed E-state index contributed by atoms with van der Waals surface area (Å²) in [7, 11) is 13.9. The lowest BCUT2D eigenvalue weighted by Crippen LogP contribution is -2.50. The highest BCUT2D eigenvalue weighted by atomic mass is 35.5. The molecule has 2 heterocycles. The van der Waals surface area contributed by atoms with Gasteiger partial charge in [0.25, 0.3) is 17.7 Å². The highest BCUT2D eigenvalue weighted by molar-refractivity contribution is 7.99. The number of ether oxygens (including phenoxy) is 1. The molecule has 0 radical (unpaired) electrons. The fourth-order valence-electron chi connectivity index (χ4n) is 11.9. The zero-order valence-corrected chi connectivity index (χ0v) is 52.4. The van der Waals surface area contributed by atoms with Crippen LogP contribution in [0.5, 0.6) is 0 Å². The number of fused-ring (bicyclic) bond motifs is 2. The number of nitrogens with zero attached hydrogens (tertiary/aromatic N) is 3. The third-order valence-electron chi connectivity index (χ3n) is 16.6. The molecule has 2 saturated heterocycles. The number of nitrogens with one attached hydrogen (secondary N) is 3. The Morgan fingerprint density at radius 1 is 0.457 bits per heavy atom. The number of halogens is 6. The second-order valence-electron chi connectivity index (χ2n) is 23.8. The van der Waals surface area contributed by atoms with Crippen LogP contribution in [0.1, 0.15) is 92.7 Å². The third kappa shape index (κ3) is 17.4. The van der Waals surface area contributed by atoms with Crippen molar-refractivity contribution in [1.82, 2.24) is 0 Å². The molecule has 6 aromatic carbocycles. The summed E-state index contributed by atoms with van der Waals surface area (Å²) in [5.41, 5.74) is 7.60. The van der Waals surface area contributed by atoms with Crippen molar-refractivity contribution in [3.8, 4) is 0 Å². The van der Waals surface area contributed by atoms with Crippen molar-refractivity contribution >= 4 is 116 Å². The first-order valence-electron chi connectivity index (χ1n) is 27.7. The van der Waals surface area contributed by atoms with Gasteiger partial charge in [0.05, 0.1) is 104 Å². The Hall–Kier alpha value is -4.34. The Morgan fingerprint density at radius 3 is 1.17 bits per heavy atom. The standard InChI is InChI=1S/C23H26Cl2N2O.C21H24Cl2N2O2.C20H22Cl2N2OS/c1-27(2,22-12-16-3-6-17(22)11-16)14-15-4-8-19(9-5-15)26-23(28)18-7-10-20(24)21(25)13-18;1-25(2,18-9-11-27-12-10-18)14-15-3-6-17(7-4-15)24-21(26)16-5-8-19(22)20(23)13-16;1-24(2,17-9-10-26-13-17)12-14-3-6-16(7-4-14)23-20(25)15-5-8-18(21)19(22)11-15/h4-5,7-10,13,16-17,22H,3,6,11-12,14H2,1-2H3;3-8,13,18H,9-12,14H2,1-2H3;3-8,11,17H,9-10,12-13H2,1-2H3/p+3. The molecule has 3 N–H and O–H groups in total. The van der Waals surface area contributed by atoms with Crippen LogP contribution >= 0.6 is 81.4 Å². The number of carbonyl (C=O) groups is 3. The van der Waals surface area contributed by atoms with Crippen molar-refractivity contribution in [3.63, 3.8) is 0 Å². The van der Waals surface area contributed by atoms with Gasteiger partial charge in [0.2, 0.25) is 0 Å². The largest absolute Gasteiger partial charge is 0.381 e. The van der Waals surface area contributed by atoms with E-state index in [0.29, 0.717) is 58.9 Å². The fraction of sp³-hybridized carbons (Fsp3) is 0.391. The lowest BCUT2D eigenvalue weighted by Gasteiger charge is -2.40. The van der Waals surface area contributed by atoms with Gasteiger partial charge in [-0.15, -0.1) is 0 Å². The zero-order valence-electron chi connectivity index (χ0n) is 47.1. The van der Waals surface area contributed by atoms with Gasteiger partial charge in [0, 0.05) is 87.8 Å². The number of hydrogen-bond acceptors (Lipinski definition) is 5. The molecule has 2 aliphatic carbocycles. The van der Waals surface area contributed by atoms with Crippen molar-refractivity contribution < 1.29 is 32.6 Å². The van der Waals surface area contributed by atoms with Crippen molar-refractivity contribution in [1.29, 1.82) is 0 Å². The predicted octanol–water partition coefficient (Wildman–Crippen LogP) is 16.3. The molecule has 4 atom stereocenters. The molecule has 4 fully saturated rings. The minimum absolute atomic E-state index is 0.190. The number of amides is 3. The molecule has 10 nitrogen and oxygen atoms in total. The zero-order chi connectivity index (χ0) is 58.1. The van der Waals surface area contributed by atoms with Crippen LogP contribution in [0.4, 0.5) is 17.1 Å². The first-order chi connectivity index (χ1) is 38.5. The predicted molar refractivity (Wildman–Crippen MR) is 339 cm³/mol. The number of rotatable bonds is 15. The molecule has 2 saturated carbocycles. The lowest BCUT2D eigenvalue weighted by molar-refractivity contribution is -0.931. The highest BCUT2D eigenvalue weighted by Crippen LogP contribution is 2.48. The molecule has 6 aromatic rings. The minimum Gasteiger partial charge on any atom is -0.381 e. The first-order valence-corrected chi connectivity index (χ1v) is 31.1. The lowest BCUT2D eigenvalue weighted by atomic mass is 9.92. The van der Waals surface area contributed by atoms with Gasteiger partial charge in [-0.05, 0) is 122 Å². The Balaban J connectivity index is 0.000000159. The van der Waals surface area contributed by atoms with Gasteiger partial charge in [-0.2, -0.15) is 11.8 Å². The quantitative estimate of drug-likeness (QED) is 0.0890. The summed E-state index contributed by atoms with van der Waals surface area (Å²) in [5.74, 6) is 3.78. The van der Waals surface area contributed by atoms with Crippen LogP contribution in [-0.4, -0.2) is 116 Å². The Bertz CT molecular complexity index is 3130. The molecule has 2 bridgehead atoms. The van der Waals surface area contributed by atoms with Gasteiger partial charge in [-0.3, -0.25) is 14.4 Å². The average Bonchev–Trinajstić information content (AvgIpc) is 4.44. The molecular weight excluding hydrogens is 1160 g/mol. The second kappa shape index (κ2) is 28.0. The van der Waals surface area contributed by atoms with E-state index >= 15 is 0 Å². The van der Waals surface area contributed by atoms with Crippen LogP contribution in [0.3, 0.4) is 0 Å². The van der Waals surface area contributed by atoms with E-state index in [4.69, 9.17) is 74.3 Å². The molecule has 17 heteroatoms. The molecule has 0 spiro atoms.